The molecule has 0 bridgehead atoms. The summed E-state index contributed by atoms with van der Waals surface area (Å²) in [6.45, 7) is 0. The number of phenols is 2. The normalized spacial score (nSPS) is 10.1. The van der Waals surface area contributed by atoms with E-state index in [4.69, 9.17) is 10.2 Å². The second-order valence-corrected chi connectivity index (χ2v) is 3.67. The van der Waals surface area contributed by atoms with Crippen LogP contribution in [0.25, 0.3) is 0 Å². The van der Waals surface area contributed by atoms with Crippen molar-refractivity contribution in [2.24, 2.45) is 0 Å². The SMILES string of the molecule is O=C(Nc1ccc(O)cc1)c1ccc(O)cc1F. The number of phenolic OH excluding ortho intramolecular Hbond substituents is 2. The maximum Gasteiger partial charge on any atom is 0.258 e. The van der Waals surface area contributed by atoms with Gasteiger partial charge in [0.25, 0.3) is 5.91 Å². The zero-order chi connectivity index (χ0) is 13.1. The summed E-state index contributed by atoms with van der Waals surface area (Å²) in [5, 5.41) is 20.6. The van der Waals surface area contributed by atoms with Gasteiger partial charge in [-0.25, -0.2) is 4.39 Å². The van der Waals surface area contributed by atoms with Crippen LogP contribution < -0.4 is 5.32 Å². The lowest BCUT2D eigenvalue weighted by atomic mass is 10.2. The molecule has 0 radical (unpaired) electrons. The Kier molecular flexibility index (Phi) is 3.14. The van der Waals surface area contributed by atoms with Gasteiger partial charge in [-0.05, 0) is 36.4 Å². The highest BCUT2D eigenvalue weighted by molar-refractivity contribution is 6.04. The molecule has 0 saturated carbocycles. The maximum atomic E-state index is 13.4. The molecule has 0 aromatic heterocycles. The molecule has 0 unspecified atom stereocenters. The van der Waals surface area contributed by atoms with E-state index in [1.54, 1.807) is 0 Å². The molecule has 0 saturated heterocycles. The molecule has 5 heteroatoms. The third-order valence-electron chi connectivity index (χ3n) is 2.32. The number of hydrogen-bond acceptors (Lipinski definition) is 3. The fourth-order valence-corrected chi connectivity index (χ4v) is 1.43. The quantitative estimate of drug-likeness (QED) is 0.714. The van der Waals surface area contributed by atoms with E-state index in [1.165, 1.54) is 36.4 Å². The summed E-state index contributed by atoms with van der Waals surface area (Å²) in [5.74, 6) is -1.60. The third-order valence-corrected chi connectivity index (χ3v) is 2.32. The molecular formula is C13H10FNO3. The second-order valence-electron chi connectivity index (χ2n) is 3.67. The van der Waals surface area contributed by atoms with Crippen LogP contribution in [-0.2, 0) is 0 Å². The first kappa shape index (κ1) is 11.9. The smallest absolute Gasteiger partial charge is 0.258 e. The largest absolute Gasteiger partial charge is 0.508 e. The molecule has 2 aromatic carbocycles. The van der Waals surface area contributed by atoms with Crippen molar-refractivity contribution in [2.75, 3.05) is 5.32 Å². The summed E-state index contributed by atoms with van der Waals surface area (Å²) in [5.41, 5.74) is 0.270. The molecule has 4 nitrogen and oxygen atoms in total. The molecule has 0 aliphatic heterocycles. The van der Waals surface area contributed by atoms with Gasteiger partial charge in [0.1, 0.15) is 17.3 Å². The van der Waals surface area contributed by atoms with Gasteiger partial charge in [0.2, 0.25) is 0 Å². The Morgan fingerprint density at radius 1 is 1.00 bits per heavy atom. The minimum Gasteiger partial charge on any atom is -0.508 e. The van der Waals surface area contributed by atoms with Gasteiger partial charge in [-0.3, -0.25) is 4.79 Å². The highest BCUT2D eigenvalue weighted by Crippen LogP contribution is 2.18. The Morgan fingerprint density at radius 3 is 2.22 bits per heavy atom. The number of anilines is 1. The molecule has 92 valence electrons. The number of nitrogens with one attached hydrogen (secondary N) is 1. The summed E-state index contributed by atoms with van der Waals surface area (Å²) in [4.78, 5) is 11.7. The number of aromatic hydroxyl groups is 2. The molecule has 0 aliphatic carbocycles. The van der Waals surface area contributed by atoms with E-state index >= 15 is 0 Å². The van der Waals surface area contributed by atoms with Crippen molar-refractivity contribution in [1.82, 2.24) is 0 Å². The van der Waals surface area contributed by atoms with E-state index in [9.17, 15) is 9.18 Å². The van der Waals surface area contributed by atoms with Crippen LogP contribution in [0.1, 0.15) is 10.4 Å². The molecule has 0 heterocycles. The number of benzene rings is 2. The summed E-state index contributed by atoms with van der Waals surface area (Å²) in [7, 11) is 0. The highest BCUT2D eigenvalue weighted by atomic mass is 19.1. The molecular weight excluding hydrogens is 237 g/mol. The van der Waals surface area contributed by atoms with Crippen LogP contribution in [-0.4, -0.2) is 16.1 Å². The van der Waals surface area contributed by atoms with Crippen LogP contribution in [0.15, 0.2) is 42.5 Å². The summed E-state index contributed by atoms with van der Waals surface area (Å²) >= 11 is 0. The highest BCUT2D eigenvalue weighted by Gasteiger charge is 2.12. The molecule has 2 aromatic rings. The first-order chi connectivity index (χ1) is 8.56. The summed E-state index contributed by atoms with van der Waals surface area (Å²) in [6.07, 6.45) is 0. The number of carbonyl (C=O) groups is 1. The van der Waals surface area contributed by atoms with Gasteiger partial charge >= 0.3 is 0 Å². The van der Waals surface area contributed by atoms with E-state index in [0.717, 1.165) is 6.07 Å². The first-order valence-corrected chi connectivity index (χ1v) is 5.15. The van der Waals surface area contributed by atoms with Gasteiger partial charge in [-0.2, -0.15) is 0 Å². The van der Waals surface area contributed by atoms with Crippen LogP contribution in [0, 0.1) is 5.82 Å². The van der Waals surface area contributed by atoms with Crippen molar-refractivity contribution in [3.8, 4) is 11.5 Å². The van der Waals surface area contributed by atoms with Crippen molar-refractivity contribution in [1.29, 1.82) is 0 Å². The maximum absolute atomic E-state index is 13.4. The minimum atomic E-state index is -0.800. The summed E-state index contributed by atoms with van der Waals surface area (Å²) < 4.78 is 13.4. The number of amides is 1. The standard InChI is InChI=1S/C13H10FNO3/c14-12-7-10(17)5-6-11(12)13(18)15-8-1-3-9(16)4-2-8/h1-7,16-17H,(H,15,18). The van der Waals surface area contributed by atoms with Crippen molar-refractivity contribution >= 4 is 11.6 Å². The van der Waals surface area contributed by atoms with Gasteiger partial charge in [-0.15, -0.1) is 0 Å². The number of rotatable bonds is 2. The van der Waals surface area contributed by atoms with Crippen molar-refractivity contribution < 1.29 is 19.4 Å². The monoisotopic (exact) mass is 247 g/mol. The lowest BCUT2D eigenvalue weighted by Crippen LogP contribution is -2.13. The van der Waals surface area contributed by atoms with Gasteiger partial charge < -0.3 is 15.5 Å². The number of hydrogen-bond donors (Lipinski definition) is 3. The Morgan fingerprint density at radius 2 is 1.61 bits per heavy atom. The molecule has 0 fully saturated rings. The second kappa shape index (κ2) is 4.75. The average molecular weight is 247 g/mol. The Labute approximate surface area is 102 Å². The van der Waals surface area contributed by atoms with Crippen LogP contribution in [0.2, 0.25) is 0 Å². The van der Waals surface area contributed by atoms with E-state index in [-0.39, 0.29) is 17.1 Å². The molecule has 0 aliphatic rings. The fraction of sp³-hybridized carbons (Fsp3) is 0. The molecule has 3 N–H and O–H groups in total. The van der Waals surface area contributed by atoms with E-state index in [2.05, 4.69) is 5.32 Å². The van der Waals surface area contributed by atoms with Gasteiger partial charge in [0, 0.05) is 11.8 Å². The lowest BCUT2D eigenvalue weighted by Gasteiger charge is -2.06. The summed E-state index contributed by atoms with van der Waals surface area (Å²) in [6, 6.07) is 9.09. The molecule has 0 atom stereocenters. The van der Waals surface area contributed by atoms with Gasteiger partial charge in [0.05, 0.1) is 5.56 Å². The Balaban J connectivity index is 2.19. The van der Waals surface area contributed by atoms with Crippen LogP contribution >= 0.6 is 0 Å². The molecule has 0 spiro atoms. The van der Waals surface area contributed by atoms with E-state index in [1.807, 2.05) is 0 Å². The Bertz CT molecular complexity index is 581. The zero-order valence-electron chi connectivity index (χ0n) is 9.22. The topological polar surface area (TPSA) is 69.6 Å². The van der Waals surface area contributed by atoms with Gasteiger partial charge in [-0.1, -0.05) is 0 Å². The fourth-order valence-electron chi connectivity index (χ4n) is 1.43. The van der Waals surface area contributed by atoms with Crippen molar-refractivity contribution in [3.63, 3.8) is 0 Å². The first-order valence-electron chi connectivity index (χ1n) is 5.15. The van der Waals surface area contributed by atoms with E-state index < -0.39 is 11.7 Å². The van der Waals surface area contributed by atoms with Crippen molar-refractivity contribution in [3.05, 3.63) is 53.8 Å². The minimum absolute atomic E-state index is 0.0730. The molecule has 2 rings (SSSR count). The third kappa shape index (κ3) is 2.57. The number of carbonyl (C=O) groups excluding carboxylic acids is 1. The van der Waals surface area contributed by atoms with Crippen LogP contribution in [0.5, 0.6) is 11.5 Å². The van der Waals surface area contributed by atoms with Crippen molar-refractivity contribution in [2.45, 2.75) is 0 Å². The Hall–Kier alpha value is -2.56. The predicted molar refractivity (Wildman–Crippen MR) is 64.1 cm³/mol. The zero-order valence-corrected chi connectivity index (χ0v) is 9.22. The lowest BCUT2D eigenvalue weighted by molar-refractivity contribution is 0.102. The molecule has 1 amide bonds. The van der Waals surface area contributed by atoms with Crippen LogP contribution in [0.4, 0.5) is 10.1 Å². The van der Waals surface area contributed by atoms with Crippen LogP contribution in [0.3, 0.4) is 0 Å². The average Bonchev–Trinajstić information content (AvgIpc) is 2.32. The number of halogens is 1. The van der Waals surface area contributed by atoms with Gasteiger partial charge in [0.15, 0.2) is 0 Å². The molecule has 18 heavy (non-hydrogen) atoms. The van der Waals surface area contributed by atoms with E-state index in [0.29, 0.717) is 5.69 Å². The predicted octanol–water partition coefficient (Wildman–Crippen LogP) is 2.49.